The summed E-state index contributed by atoms with van der Waals surface area (Å²) in [5.41, 5.74) is 5.00. The largest absolute Gasteiger partial charge is 0.369 e. The van der Waals surface area contributed by atoms with Gasteiger partial charge in [0.15, 0.2) is 0 Å². The summed E-state index contributed by atoms with van der Waals surface area (Å²) >= 11 is 0. The highest BCUT2D eigenvalue weighted by Crippen LogP contribution is 2.28. The first kappa shape index (κ1) is 19.9. The van der Waals surface area contributed by atoms with Gasteiger partial charge in [-0.3, -0.25) is 9.58 Å². The van der Waals surface area contributed by atoms with Gasteiger partial charge in [0.1, 0.15) is 11.9 Å². The Hall–Kier alpha value is -3.03. The van der Waals surface area contributed by atoms with Crippen LogP contribution in [0.15, 0.2) is 55.0 Å². The van der Waals surface area contributed by atoms with Crippen molar-refractivity contribution in [3.05, 3.63) is 72.1 Å². The first-order valence-corrected chi connectivity index (χ1v) is 10.7. The van der Waals surface area contributed by atoms with E-state index in [0.29, 0.717) is 6.61 Å². The highest BCUT2D eigenvalue weighted by atomic mass is 19.1. The van der Waals surface area contributed by atoms with E-state index in [-0.39, 0.29) is 11.9 Å². The van der Waals surface area contributed by atoms with Crippen molar-refractivity contribution in [2.45, 2.75) is 26.1 Å². The number of fused-ring (bicyclic) bond motifs is 1. The van der Waals surface area contributed by atoms with Crippen LogP contribution >= 0.6 is 0 Å². The Bertz CT molecular complexity index is 1210. The molecule has 0 amide bonds. The van der Waals surface area contributed by atoms with Crippen molar-refractivity contribution in [2.75, 3.05) is 19.7 Å². The smallest absolute Gasteiger partial charge is 0.125 e. The molecule has 0 aliphatic carbocycles. The molecule has 1 aliphatic rings. The van der Waals surface area contributed by atoms with E-state index in [0.717, 1.165) is 54.0 Å². The lowest BCUT2D eigenvalue weighted by Gasteiger charge is -2.32. The Morgan fingerprint density at radius 3 is 2.90 bits per heavy atom. The Balaban J connectivity index is 1.36. The van der Waals surface area contributed by atoms with Gasteiger partial charge in [0, 0.05) is 56.6 Å². The standard InChI is InChI=1S/C24H26FN5O/c1-3-30-15-18(20-8-7-19(25)11-23(20)30)14-29-9-10-31-24(16-29)22-6-4-5-21(27-22)17-12-26-28(2)13-17/h4-8,11-13,15,24H,3,9-10,14,16H2,1-2H3/t24-/m0/s1. The quantitative estimate of drug-likeness (QED) is 0.487. The second-order valence-corrected chi connectivity index (χ2v) is 8.05. The minimum Gasteiger partial charge on any atom is -0.369 e. The number of aryl methyl sites for hydroxylation is 2. The Kier molecular flexibility index (Phi) is 5.29. The summed E-state index contributed by atoms with van der Waals surface area (Å²) in [5, 5.41) is 5.36. The molecule has 5 rings (SSSR count). The van der Waals surface area contributed by atoms with Gasteiger partial charge < -0.3 is 9.30 Å². The topological polar surface area (TPSA) is 48.1 Å². The summed E-state index contributed by atoms with van der Waals surface area (Å²) in [4.78, 5) is 7.24. The number of pyridine rings is 1. The molecule has 0 spiro atoms. The molecule has 6 nitrogen and oxygen atoms in total. The van der Waals surface area contributed by atoms with Crippen molar-refractivity contribution in [1.82, 2.24) is 24.2 Å². The molecule has 4 aromatic rings. The van der Waals surface area contributed by atoms with Gasteiger partial charge in [-0.1, -0.05) is 6.07 Å². The summed E-state index contributed by atoms with van der Waals surface area (Å²) in [6.07, 6.45) is 5.86. The van der Waals surface area contributed by atoms with Gasteiger partial charge in [-0.15, -0.1) is 0 Å². The molecule has 160 valence electrons. The van der Waals surface area contributed by atoms with E-state index in [1.54, 1.807) is 16.8 Å². The number of morpholine rings is 1. The molecule has 4 heterocycles. The third kappa shape index (κ3) is 3.98. The van der Waals surface area contributed by atoms with Gasteiger partial charge >= 0.3 is 0 Å². The van der Waals surface area contributed by atoms with Crippen molar-refractivity contribution in [3.8, 4) is 11.3 Å². The molecule has 0 unspecified atom stereocenters. The molecule has 0 N–H and O–H groups in total. The molecular formula is C24H26FN5O. The Morgan fingerprint density at radius 1 is 1.19 bits per heavy atom. The highest BCUT2D eigenvalue weighted by Gasteiger charge is 2.24. The lowest BCUT2D eigenvalue weighted by molar-refractivity contribution is -0.0348. The third-order valence-corrected chi connectivity index (χ3v) is 5.91. The average Bonchev–Trinajstić information content (AvgIpc) is 3.37. The van der Waals surface area contributed by atoms with Crippen LogP contribution in [0.4, 0.5) is 4.39 Å². The van der Waals surface area contributed by atoms with Crippen LogP contribution in [0.2, 0.25) is 0 Å². The maximum atomic E-state index is 13.8. The number of hydrogen-bond acceptors (Lipinski definition) is 4. The van der Waals surface area contributed by atoms with E-state index in [9.17, 15) is 4.39 Å². The minimum atomic E-state index is -0.196. The first-order valence-electron chi connectivity index (χ1n) is 10.7. The van der Waals surface area contributed by atoms with Crippen LogP contribution in [-0.4, -0.2) is 43.9 Å². The first-order chi connectivity index (χ1) is 15.1. The zero-order chi connectivity index (χ0) is 21.4. The maximum Gasteiger partial charge on any atom is 0.125 e. The van der Waals surface area contributed by atoms with E-state index in [1.165, 1.54) is 5.56 Å². The summed E-state index contributed by atoms with van der Waals surface area (Å²) in [5.74, 6) is -0.196. The van der Waals surface area contributed by atoms with E-state index in [2.05, 4.69) is 27.7 Å². The predicted molar refractivity (Wildman–Crippen MR) is 118 cm³/mol. The minimum absolute atomic E-state index is 0.0812. The molecule has 3 aromatic heterocycles. The lowest BCUT2D eigenvalue weighted by atomic mass is 10.1. The predicted octanol–water partition coefficient (Wildman–Crippen LogP) is 4.17. The number of halogens is 1. The van der Waals surface area contributed by atoms with Gasteiger partial charge in [0.05, 0.1) is 29.7 Å². The molecule has 1 fully saturated rings. The number of hydrogen-bond donors (Lipinski definition) is 0. The number of rotatable bonds is 5. The van der Waals surface area contributed by atoms with E-state index < -0.39 is 0 Å². The van der Waals surface area contributed by atoms with Crippen LogP contribution in [0.3, 0.4) is 0 Å². The zero-order valence-corrected chi connectivity index (χ0v) is 17.8. The number of aromatic nitrogens is 4. The van der Waals surface area contributed by atoms with Crippen LogP contribution in [0.5, 0.6) is 0 Å². The molecule has 31 heavy (non-hydrogen) atoms. The van der Waals surface area contributed by atoms with Crippen LogP contribution < -0.4 is 0 Å². The van der Waals surface area contributed by atoms with Gasteiger partial charge in [0.2, 0.25) is 0 Å². The van der Waals surface area contributed by atoms with Crippen molar-refractivity contribution < 1.29 is 9.13 Å². The molecule has 0 saturated carbocycles. The summed E-state index contributed by atoms with van der Waals surface area (Å²) < 4.78 is 23.7. The van der Waals surface area contributed by atoms with Gasteiger partial charge in [-0.25, -0.2) is 9.37 Å². The number of benzene rings is 1. The lowest BCUT2D eigenvalue weighted by Crippen LogP contribution is -2.38. The van der Waals surface area contributed by atoms with Gasteiger partial charge in [-0.05, 0) is 42.8 Å². The van der Waals surface area contributed by atoms with Gasteiger partial charge in [-0.2, -0.15) is 5.10 Å². The average molecular weight is 420 g/mol. The highest BCUT2D eigenvalue weighted by molar-refractivity contribution is 5.84. The van der Waals surface area contributed by atoms with E-state index in [1.807, 2.05) is 43.7 Å². The van der Waals surface area contributed by atoms with Crippen molar-refractivity contribution in [2.24, 2.45) is 7.05 Å². The van der Waals surface area contributed by atoms with Crippen LogP contribution in [-0.2, 0) is 24.9 Å². The Morgan fingerprint density at radius 2 is 2.10 bits per heavy atom. The number of ether oxygens (including phenoxy) is 1. The van der Waals surface area contributed by atoms with Crippen LogP contribution in [0.1, 0.15) is 24.3 Å². The van der Waals surface area contributed by atoms with Crippen LogP contribution in [0.25, 0.3) is 22.2 Å². The third-order valence-electron chi connectivity index (χ3n) is 5.91. The second-order valence-electron chi connectivity index (χ2n) is 8.05. The van der Waals surface area contributed by atoms with Crippen LogP contribution in [0, 0.1) is 5.82 Å². The maximum absolute atomic E-state index is 13.8. The van der Waals surface area contributed by atoms with Crippen molar-refractivity contribution >= 4 is 10.9 Å². The van der Waals surface area contributed by atoms with Crippen molar-refractivity contribution in [1.29, 1.82) is 0 Å². The van der Waals surface area contributed by atoms with Gasteiger partial charge in [0.25, 0.3) is 0 Å². The fourth-order valence-electron chi connectivity index (χ4n) is 4.34. The molecule has 7 heteroatoms. The van der Waals surface area contributed by atoms with E-state index >= 15 is 0 Å². The molecule has 0 radical (unpaired) electrons. The fraction of sp³-hybridized carbons (Fsp3) is 0.333. The van der Waals surface area contributed by atoms with E-state index in [4.69, 9.17) is 9.72 Å². The van der Waals surface area contributed by atoms with Crippen molar-refractivity contribution in [3.63, 3.8) is 0 Å². The summed E-state index contributed by atoms with van der Waals surface area (Å²) in [7, 11) is 1.90. The molecule has 1 saturated heterocycles. The second kappa shape index (κ2) is 8.24. The summed E-state index contributed by atoms with van der Waals surface area (Å²) in [6, 6.07) is 11.1. The molecule has 0 bridgehead atoms. The molecule has 1 aromatic carbocycles. The molecular weight excluding hydrogens is 393 g/mol. The monoisotopic (exact) mass is 419 g/mol. The fourth-order valence-corrected chi connectivity index (χ4v) is 4.34. The summed E-state index contributed by atoms with van der Waals surface area (Å²) in [6.45, 7) is 5.99. The molecule has 1 atom stereocenters. The number of nitrogens with zero attached hydrogens (tertiary/aromatic N) is 5. The molecule has 1 aliphatic heterocycles. The Labute approximate surface area is 180 Å². The SMILES string of the molecule is CCn1cc(CN2CCO[C@H](c3cccc(-c4cnn(C)c4)n3)C2)c2ccc(F)cc21. The zero-order valence-electron chi connectivity index (χ0n) is 17.8. The normalized spacial score (nSPS) is 17.5.